The molecule has 0 radical (unpaired) electrons. The second-order valence-corrected chi connectivity index (χ2v) is 5.07. The molecule has 1 aliphatic heterocycles. The van der Waals surface area contributed by atoms with Gasteiger partial charge in [0.2, 0.25) is 0 Å². The maximum atomic E-state index is 11.1. The highest BCUT2D eigenvalue weighted by Gasteiger charge is 2.34. The molecule has 5 heteroatoms. The Kier molecular flexibility index (Phi) is 3.89. The number of rotatable bonds is 1. The molecule has 1 heterocycles. The second kappa shape index (κ2) is 5.42. The zero-order chi connectivity index (χ0) is 13.1. The summed E-state index contributed by atoms with van der Waals surface area (Å²) >= 11 is 0. The first-order valence-electron chi connectivity index (χ1n) is 6.55. The fourth-order valence-corrected chi connectivity index (χ4v) is 2.92. The van der Waals surface area contributed by atoms with Crippen molar-refractivity contribution in [3.63, 3.8) is 0 Å². The molecule has 2 rings (SSSR count). The molecule has 0 aromatic rings. The van der Waals surface area contributed by atoms with E-state index in [0.29, 0.717) is 0 Å². The number of fused-ring (bicyclic) bond motifs is 1. The molecule has 1 saturated carbocycles. The van der Waals surface area contributed by atoms with E-state index in [1.165, 1.54) is 12.0 Å². The molecule has 1 amide bonds. The van der Waals surface area contributed by atoms with E-state index in [2.05, 4.69) is 10.5 Å². The third-order valence-electron chi connectivity index (χ3n) is 3.78. The SMILES string of the molecule is CC1=NNC(C)=C2CCCCC[C@@H](OC(N)=O)[C@@H]12. The molecule has 0 saturated heterocycles. The summed E-state index contributed by atoms with van der Waals surface area (Å²) in [6.07, 6.45) is 4.45. The predicted octanol–water partition coefficient (Wildman–Crippen LogP) is 2.28. The van der Waals surface area contributed by atoms with Gasteiger partial charge in [-0.1, -0.05) is 6.42 Å². The second-order valence-electron chi connectivity index (χ2n) is 5.07. The van der Waals surface area contributed by atoms with E-state index in [0.717, 1.165) is 37.1 Å². The zero-order valence-corrected chi connectivity index (χ0v) is 11.0. The van der Waals surface area contributed by atoms with Crippen LogP contribution in [0.1, 0.15) is 46.0 Å². The largest absolute Gasteiger partial charge is 0.445 e. The minimum atomic E-state index is -0.691. The molecule has 2 atom stereocenters. The molecule has 18 heavy (non-hydrogen) atoms. The number of primary amides is 1. The van der Waals surface area contributed by atoms with Gasteiger partial charge in [-0.3, -0.25) is 5.43 Å². The van der Waals surface area contributed by atoms with Gasteiger partial charge in [0, 0.05) is 11.4 Å². The van der Waals surface area contributed by atoms with Gasteiger partial charge in [0.1, 0.15) is 6.10 Å². The highest BCUT2D eigenvalue weighted by Crippen LogP contribution is 2.33. The van der Waals surface area contributed by atoms with Crippen molar-refractivity contribution in [3.05, 3.63) is 11.3 Å². The number of carbonyl (C=O) groups excluding carboxylic acids is 1. The smallest absolute Gasteiger partial charge is 0.404 e. The van der Waals surface area contributed by atoms with Crippen molar-refractivity contribution in [2.24, 2.45) is 16.8 Å². The number of allylic oxidation sites excluding steroid dienone is 1. The minimum Gasteiger partial charge on any atom is -0.445 e. The summed E-state index contributed by atoms with van der Waals surface area (Å²) in [5, 5.41) is 4.30. The Bertz CT molecular complexity index is 401. The van der Waals surface area contributed by atoms with Gasteiger partial charge in [-0.05, 0) is 45.1 Å². The summed E-state index contributed by atoms with van der Waals surface area (Å²) in [6, 6.07) is 0. The van der Waals surface area contributed by atoms with E-state index in [4.69, 9.17) is 10.5 Å². The molecule has 1 aliphatic carbocycles. The first-order valence-corrected chi connectivity index (χ1v) is 6.55. The molecule has 0 bridgehead atoms. The van der Waals surface area contributed by atoms with Crippen LogP contribution in [0.25, 0.3) is 0 Å². The van der Waals surface area contributed by atoms with Gasteiger partial charge in [0.15, 0.2) is 0 Å². The van der Waals surface area contributed by atoms with Crippen LogP contribution in [0, 0.1) is 5.92 Å². The van der Waals surface area contributed by atoms with Gasteiger partial charge < -0.3 is 10.5 Å². The summed E-state index contributed by atoms with van der Waals surface area (Å²) in [7, 11) is 0. The summed E-state index contributed by atoms with van der Waals surface area (Å²) in [5.74, 6) is 0.0963. The fourth-order valence-electron chi connectivity index (χ4n) is 2.92. The van der Waals surface area contributed by atoms with Crippen molar-refractivity contribution >= 4 is 11.8 Å². The average Bonchev–Trinajstić information content (AvgIpc) is 2.27. The molecule has 3 N–H and O–H groups in total. The zero-order valence-electron chi connectivity index (χ0n) is 11.0. The summed E-state index contributed by atoms with van der Waals surface area (Å²) < 4.78 is 5.31. The lowest BCUT2D eigenvalue weighted by atomic mass is 9.80. The van der Waals surface area contributed by atoms with Gasteiger partial charge >= 0.3 is 6.09 Å². The van der Waals surface area contributed by atoms with Crippen LogP contribution in [-0.4, -0.2) is 17.9 Å². The van der Waals surface area contributed by atoms with Gasteiger partial charge in [-0.2, -0.15) is 5.10 Å². The lowest BCUT2D eigenvalue weighted by molar-refractivity contribution is 0.0825. The van der Waals surface area contributed by atoms with Crippen molar-refractivity contribution < 1.29 is 9.53 Å². The number of hydrogen-bond acceptors (Lipinski definition) is 4. The highest BCUT2D eigenvalue weighted by molar-refractivity contribution is 5.88. The summed E-state index contributed by atoms with van der Waals surface area (Å²) in [6.45, 7) is 4.00. The molecule has 0 aromatic heterocycles. The van der Waals surface area contributed by atoms with Gasteiger partial charge in [-0.25, -0.2) is 4.79 Å². The Morgan fingerprint density at radius 1 is 1.39 bits per heavy atom. The molecule has 1 fully saturated rings. The van der Waals surface area contributed by atoms with Crippen molar-refractivity contribution in [1.29, 1.82) is 0 Å². The predicted molar refractivity (Wildman–Crippen MR) is 70.0 cm³/mol. The number of hydrogen-bond donors (Lipinski definition) is 2. The average molecular weight is 251 g/mol. The van der Waals surface area contributed by atoms with Crippen molar-refractivity contribution in [1.82, 2.24) is 5.43 Å². The van der Waals surface area contributed by atoms with Gasteiger partial charge in [0.25, 0.3) is 0 Å². The number of hydrazone groups is 1. The van der Waals surface area contributed by atoms with Crippen LogP contribution in [0.5, 0.6) is 0 Å². The Morgan fingerprint density at radius 3 is 2.89 bits per heavy atom. The van der Waals surface area contributed by atoms with Gasteiger partial charge in [0.05, 0.1) is 5.92 Å². The monoisotopic (exact) mass is 251 g/mol. The molecule has 100 valence electrons. The van der Waals surface area contributed by atoms with Gasteiger partial charge in [-0.15, -0.1) is 0 Å². The Balaban J connectivity index is 2.29. The summed E-state index contributed by atoms with van der Waals surface area (Å²) in [4.78, 5) is 11.1. The number of carbonyl (C=O) groups is 1. The molecular formula is C13H21N3O2. The van der Waals surface area contributed by atoms with Crippen LogP contribution in [0.15, 0.2) is 16.4 Å². The number of nitrogens with two attached hydrogens (primary N) is 1. The molecule has 0 unspecified atom stereocenters. The Labute approximate surface area is 107 Å². The number of nitrogens with zero attached hydrogens (tertiary/aromatic N) is 1. The Hall–Kier alpha value is -1.52. The van der Waals surface area contributed by atoms with E-state index >= 15 is 0 Å². The highest BCUT2D eigenvalue weighted by atomic mass is 16.6. The first-order chi connectivity index (χ1) is 8.59. The van der Waals surface area contributed by atoms with Crippen LogP contribution in [0.2, 0.25) is 0 Å². The van der Waals surface area contributed by atoms with Crippen LogP contribution in [0.3, 0.4) is 0 Å². The maximum absolute atomic E-state index is 11.1. The topological polar surface area (TPSA) is 76.7 Å². The quantitative estimate of drug-likeness (QED) is 0.750. The van der Waals surface area contributed by atoms with E-state index in [9.17, 15) is 4.79 Å². The number of amides is 1. The number of nitrogens with one attached hydrogen (secondary N) is 1. The lowest BCUT2D eigenvalue weighted by Crippen LogP contribution is -2.39. The Morgan fingerprint density at radius 2 is 2.17 bits per heavy atom. The molecule has 5 nitrogen and oxygen atoms in total. The molecule has 0 spiro atoms. The first kappa shape index (κ1) is 12.9. The van der Waals surface area contributed by atoms with E-state index in [-0.39, 0.29) is 12.0 Å². The molecule has 0 aromatic carbocycles. The third-order valence-corrected chi connectivity index (χ3v) is 3.78. The molecular weight excluding hydrogens is 230 g/mol. The van der Waals surface area contributed by atoms with Crippen LogP contribution in [-0.2, 0) is 4.74 Å². The van der Waals surface area contributed by atoms with E-state index in [1.807, 2.05) is 13.8 Å². The van der Waals surface area contributed by atoms with E-state index in [1.54, 1.807) is 0 Å². The number of ether oxygens (including phenoxy) is 1. The van der Waals surface area contributed by atoms with E-state index < -0.39 is 6.09 Å². The third kappa shape index (κ3) is 2.66. The van der Waals surface area contributed by atoms with Crippen molar-refractivity contribution in [3.8, 4) is 0 Å². The fraction of sp³-hybridized carbons (Fsp3) is 0.692. The van der Waals surface area contributed by atoms with Crippen LogP contribution in [0.4, 0.5) is 4.79 Å². The summed E-state index contributed by atoms with van der Waals surface area (Å²) in [5.41, 5.74) is 11.6. The van der Waals surface area contributed by atoms with Crippen molar-refractivity contribution in [2.45, 2.75) is 52.1 Å². The molecule has 2 aliphatic rings. The van der Waals surface area contributed by atoms with Crippen LogP contribution >= 0.6 is 0 Å². The lowest BCUT2D eigenvalue weighted by Gasteiger charge is -2.34. The normalized spacial score (nSPS) is 28.4. The standard InChI is InChI=1S/C13H21N3O2/c1-8-10-6-4-3-5-7-11(18-13(14)17)12(10)9(2)16-15-8/h11-12,15H,3-7H2,1-2H3,(H2,14,17)/t11-,12+/m1/s1. The van der Waals surface area contributed by atoms with Crippen LogP contribution < -0.4 is 11.2 Å². The minimum absolute atomic E-state index is 0.0963. The van der Waals surface area contributed by atoms with Crippen molar-refractivity contribution in [2.75, 3.05) is 0 Å². The maximum Gasteiger partial charge on any atom is 0.404 e.